The number of anilines is 1. The molecular weight excluding hydrogens is 605 g/mol. The van der Waals surface area contributed by atoms with Crippen LogP contribution in [0.25, 0.3) is 10.8 Å². The Hall–Kier alpha value is -3.87. The van der Waals surface area contributed by atoms with Crippen molar-refractivity contribution in [3.05, 3.63) is 112 Å². The summed E-state index contributed by atoms with van der Waals surface area (Å²) in [5.41, 5.74) is 3.33. The number of halogens is 2. The molecule has 0 saturated heterocycles. The van der Waals surface area contributed by atoms with Gasteiger partial charge in [-0.05, 0) is 60.0 Å². The van der Waals surface area contributed by atoms with Crippen LogP contribution in [0.2, 0.25) is 10.0 Å². The van der Waals surface area contributed by atoms with E-state index in [2.05, 4.69) is 5.32 Å². The predicted molar refractivity (Wildman–Crippen MR) is 181 cm³/mol. The second-order valence-corrected chi connectivity index (χ2v) is 12.9. The molecule has 2 aliphatic rings. The maximum atomic E-state index is 14.2. The van der Waals surface area contributed by atoms with Crippen molar-refractivity contribution < 1.29 is 14.4 Å². The second kappa shape index (κ2) is 14.1. The van der Waals surface area contributed by atoms with E-state index in [1.807, 2.05) is 72.8 Å². The number of carbonyl (C=O) groups excluding carboxylic acids is 3. The molecular formula is C37H37Cl2N3O3. The molecule has 0 unspecified atom stereocenters. The summed E-state index contributed by atoms with van der Waals surface area (Å²) in [5, 5.41) is 6.09. The fraction of sp³-hybridized carbons (Fsp3) is 0.324. The van der Waals surface area contributed by atoms with Crippen LogP contribution in [0.1, 0.15) is 66.4 Å². The van der Waals surface area contributed by atoms with Gasteiger partial charge in [0.15, 0.2) is 0 Å². The minimum atomic E-state index is -0.720. The molecule has 0 radical (unpaired) electrons. The lowest BCUT2D eigenvalue weighted by Gasteiger charge is -2.34. The SMILES string of the molecule is O=C(NC1CCCCC1)[C@@H](Cc1ccccc1)N(Cc1ccc(Cl)c(Cl)c1)C(=O)CCCN1C(=O)c2cccc3cccc1c23. The molecule has 0 spiro atoms. The third kappa shape index (κ3) is 7.03. The highest BCUT2D eigenvalue weighted by Crippen LogP contribution is 2.37. The molecule has 1 aliphatic heterocycles. The van der Waals surface area contributed by atoms with Crippen LogP contribution < -0.4 is 10.2 Å². The van der Waals surface area contributed by atoms with Crippen LogP contribution in [-0.2, 0) is 22.6 Å². The highest BCUT2D eigenvalue weighted by molar-refractivity contribution is 6.42. The van der Waals surface area contributed by atoms with E-state index in [0.29, 0.717) is 35.0 Å². The van der Waals surface area contributed by atoms with Crippen molar-refractivity contribution in [2.45, 2.75) is 70.0 Å². The van der Waals surface area contributed by atoms with Crippen LogP contribution in [-0.4, -0.2) is 41.2 Å². The Kier molecular flexibility index (Phi) is 9.72. The Bertz CT molecular complexity index is 1700. The highest BCUT2D eigenvalue weighted by atomic mass is 35.5. The van der Waals surface area contributed by atoms with Crippen molar-refractivity contribution >= 4 is 57.4 Å². The highest BCUT2D eigenvalue weighted by Gasteiger charge is 2.33. The topological polar surface area (TPSA) is 69.7 Å². The van der Waals surface area contributed by atoms with Gasteiger partial charge in [-0.3, -0.25) is 14.4 Å². The summed E-state index contributed by atoms with van der Waals surface area (Å²) in [6.07, 6.45) is 6.27. The van der Waals surface area contributed by atoms with Gasteiger partial charge in [0, 0.05) is 42.9 Å². The van der Waals surface area contributed by atoms with Gasteiger partial charge < -0.3 is 15.1 Å². The zero-order valence-corrected chi connectivity index (χ0v) is 26.7. The lowest BCUT2D eigenvalue weighted by atomic mass is 9.94. The Labute approximate surface area is 274 Å². The number of nitrogens with one attached hydrogen (secondary N) is 1. The van der Waals surface area contributed by atoms with Crippen LogP contribution in [0, 0.1) is 0 Å². The van der Waals surface area contributed by atoms with Gasteiger partial charge in [0.25, 0.3) is 5.91 Å². The van der Waals surface area contributed by atoms with Crippen molar-refractivity contribution in [2.24, 2.45) is 0 Å². The maximum absolute atomic E-state index is 14.2. The molecule has 8 heteroatoms. The first-order chi connectivity index (χ1) is 21.9. The third-order valence-electron chi connectivity index (χ3n) is 8.98. The van der Waals surface area contributed by atoms with Crippen LogP contribution >= 0.6 is 23.2 Å². The molecule has 0 aromatic heterocycles. The van der Waals surface area contributed by atoms with Gasteiger partial charge in [-0.15, -0.1) is 0 Å². The van der Waals surface area contributed by atoms with E-state index < -0.39 is 6.04 Å². The molecule has 3 amide bonds. The zero-order chi connectivity index (χ0) is 31.3. The fourth-order valence-electron chi connectivity index (χ4n) is 6.67. The number of amides is 3. The molecule has 0 bridgehead atoms. The molecule has 45 heavy (non-hydrogen) atoms. The molecule has 6 nitrogen and oxygen atoms in total. The summed E-state index contributed by atoms with van der Waals surface area (Å²) < 4.78 is 0. The van der Waals surface area contributed by atoms with E-state index in [1.165, 1.54) is 6.42 Å². The van der Waals surface area contributed by atoms with Crippen molar-refractivity contribution in [1.29, 1.82) is 0 Å². The van der Waals surface area contributed by atoms with E-state index in [0.717, 1.165) is 53.3 Å². The number of nitrogens with zero attached hydrogens (tertiary/aromatic N) is 2. The van der Waals surface area contributed by atoms with Gasteiger partial charge in [-0.25, -0.2) is 0 Å². The van der Waals surface area contributed by atoms with E-state index in [-0.39, 0.29) is 36.7 Å². The van der Waals surface area contributed by atoms with E-state index in [9.17, 15) is 14.4 Å². The number of hydrogen-bond acceptors (Lipinski definition) is 3. The predicted octanol–water partition coefficient (Wildman–Crippen LogP) is 7.98. The van der Waals surface area contributed by atoms with Gasteiger partial charge in [0.05, 0.1) is 15.7 Å². The lowest BCUT2D eigenvalue weighted by molar-refractivity contribution is -0.141. The molecule has 4 aromatic carbocycles. The van der Waals surface area contributed by atoms with Gasteiger partial charge in [0.2, 0.25) is 11.8 Å². The first-order valence-corrected chi connectivity index (χ1v) is 16.6. The van der Waals surface area contributed by atoms with Crippen LogP contribution in [0.3, 0.4) is 0 Å². The molecule has 1 N–H and O–H groups in total. The molecule has 1 saturated carbocycles. The molecule has 1 fully saturated rings. The molecule has 1 heterocycles. The lowest BCUT2D eigenvalue weighted by Crippen LogP contribution is -2.52. The number of rotatable bonds is 11. The smallest absolute Gasteiger partial charge is 0.258 e. The van der Waals surface area contributed by atoms with Gasteiger partial charge in [-0.1, -0.05) is 103 Å². The normalized spacial score (nSPS) is 15.3. The van der Waals surface area contributed by atoms with Crippen molar-refractivity contribution in [1.82, 2.24) is 10.2 Å². The Morgan fingerprint density at radius 2 is 1.62 bits per heavy atom. The fourth-order valence-corrected chi connectivity index (χ4v) is 6.99. The Morgan fingerprint density at radius 1 is 0.867 bits per heavy atom. The molecule has 1 atom stereocenters. The molecule has 4 aromatic rings. The monoisotopic (exact) mass is 641 g/mol. The molecule has 1 aliphatic carbocycles. The van der Waals surface area contributed by atoms with E-state index in [1.54, 1.807) is 21.9 Å². The summed E-state index contributed by atoms with van der Waals surface area (Å²) in [6.45, 7) is 0.606. The van der Waals surface area contributed by atoms with Crippen molar-refractivity contribution in [3.63, 3.8) is 0 Å². The largest absolute Gasteiger partial charge is 0.352 e. The van der Waals surface area contributed by atoms with Crippen LogP contribution in [0.4, 0.5) is 5.69 Å². The standard InChI is InChI=1S/C37H37Cl2N3O3/c38-30-20-19-26(22-31(30)39)24-42(33(23-25-10-3-1-4-11-25)36(44)40-28-14-5-2-6-15-28)34(43)18-9-21-41-32-17-8-13-27-12-7-16-29(35(27)32)37(41)45/h1,3-4,7-8,10-13,16-17,19-20,22,28,33H,2,5-6,9,14-15,18,21,23-24H2,(H,40,44)/t33-/m1/s1. The average molecular weight is 643 g/mol. The number of benzene rings is 4. The number of hydrogen-bond donors (Lipinski definition) is 1. The zero-order valence-electron chi connectivity index (χ0n) is 25.2. The summed E-state index contributed by atoms with van der Waals surface area (Å²) in [7, 11) is 0. The summed E-state index contributed by atoms with van der Waals surface area (Å²) in [5.74, 6) is -0.338. The molecule has 6 rings (SSSR count). The van der Waals surface area contributed by atoms with Crippen LogP contribution in [0.5, 0.6) is 0 Å². The van der Waals surface area contributed by atoms with Crippen LogP contribution in [0.15, 0.2) is 84.9 Å². The Balaban J connectivity index is 1.24. The van der Waals surface area contributed by atoms with E-state index in [4.69, 9.17) is 23.2 Å². The van der Waals surface area contributed by atoms with Gasteiger partial charge in [-0.2, -0.15) is 0 Å². The first kappa shape index (κ1) is 31.1. The average Bonchev–Trinajstić information content (AvgIpc) is 3.33. The Morgan fingerprint density at radius 3 is 2.38 bits per heavy atom. The maximum Gasteiger partial charge on any atom is 0.258 e. The third-order valence-corrected chi connectivity index (χ3v) is 9.72. The summed E-state index contributed by atoms with van der Waals surface area (Å²) >= 11 is 12.6. The second-order valence-electron chi connectivity index (χ2n) is 12.1. The number of carbonyl (C=O) groups is 3. The summed E-state index contributed by atoms with van der Waals surface area (Å²) in [4.78, 5) is 45.0. The van der Waals surface area contributed by atoms with Gasteiger partial charge in [0.1, 0.15) is 6.04 Å². The minimum absolute atomic E-state index is 0.0456. The quantitative estimate of drug-likeness (QED) is 0.180. The minimum Gasteiger partial charge on any atom is -0.352 e. The van der Waals surface area contributed by atoms with Crippen molar-refractivity contribution in [3.8, 4) is 0 Å². The van der Waals surface area contributed by atoms with Gasteiger partial charge >= 0.3 is 0 Å². The van der Waals surface area contributed by atoms with E-state index >= 15 is 0 Å². The van der Waals surface area contributed by atoms with Crippen molar-refractivity contribution in [2.75, 3.05) is 11.4 Å². The molecule has 232 valence electrons. The first-order valence-electron chi connectivity index (χ1n) is 15.8. The summed E-state index contributed by atoms with van der Waals surface area (Å²) in [6, 6.07) is 26.2.